The number of hydrogen-bond donors (Lipinski definition) is 1. The molecule has 0 aliphatic heterocycles. The lowest BCUT2D eigenvalue weighted by Crippen LogP contribution is -2.44. The average Bonchev–Trinajstić information content (AvgIpc) is 2.55. The zero-order chi connectivity index (χ0) is 9.81. The van der Waals surface area contributed by atoms with Gasteiger partial charge in [-0.05, 0) is 43.9 Å². The highest BCUT2D eigenvalue weighted by Gasteiger charge is 2.67. The van der Waals surface area contributed by atoms with Gasteiger partial charge in [-0.25, -0.2) is 0 Å². The van der Waals surface area contributed by atoms with E-state index in [0.29, 0.717) is 11.8 Å². The molecular weight excluding hydrogens is 176 g/mol. The smallest absolute Gasteiger partial charge is 0.0738 e. The molecule has 2 nitrogen and oxygen atoms in total. The number of fused-ring (bicyclic) bond motifs is 1. The molecule has 0 aromatic carbocycles. The standard InChI is InChI=1S/C12H20O2/c1-14-11(6-3-7-11)8-12(13)9-4-2-5-10(9)12/h9-10,13H,2-8H2,1H3. The van der Waals surface area contributed by atoms with Gasteiger partial charge in [0.15, 0.2) is 0 Å². The predicted octanol–water partition coefficient (Wildman–Crippen LogP) is 2.11. The Hall–Kier alpha value is -0.0800. The lowest BCUT2D eigenvalue weighted by Gasteiger charge is -2.42. The van der Waals surface area contributed by atoms with Crippen molar-refractivity contribution in [3.63, 3.8) is 0 Å². The van der Waals surface area contributed by atoms with E-state index in [-0.39, 0.29) is 11.2 Å². The fourth-order valence-electron chi connectivity index (χ4n) is 3.85. The highest BCUT2D eigenvalue weighted by Crippen LogP contribution is 2.65. The van der Waals surface area contributed by atoms with Gasteiger partial charge in [0.05, 0.1) is 11.2 Å². The van der Waals surface area contributed by atoms with Crippen LogP contribution in [0.4, 0.5) is 0 Å². The molecule has 14 heavy (non-hydrogen) atoms. The highest BCUT2D eigenvalue weighted by atomic mass is 16.5. The molecule has 0 saturated heterocycles. The van der Waals surface area contributed by atoms with Gasteiger partial charge in [0.25, 0.3) is 0 Å². The fraction of sp³-hybridized carbons (Fsp3) is 1.00. The monoisotopic (exact) mass is 196 g/mol. The van der Waals surface area contributed by atoms with Crippen LogP contribution in [0.5, 0.6) is 0 Å². The van der Waals surface area contributed by atoms with Gasteiger partial charge in [-0.3, -0.25) is 0 Å². The summed E-state index contributed by atoms with van der Waals surface area (Å²) in [4.78, 5) is 0. The topological polar surface area (TPSA) is 29.5 Å². The van der Waals surface area contributed by atoms with Crippen molar-refractivity contribution < 1.29 is 9.84 Å². The Morgan fingerprint density at radius 2 is 1.86 bits per heavy atom. The lowest BCUT2D eigenvalue weighted by molar-refractivity contribution is -0.111. The van der Waals surface area contributed by atoms with Crippen LogP contribution in [0.25, 0.3) is 0 Å². The van der Waals surface area contributed by atoms with Gasteiger partial charge in [0.1, 0.15) is 0 Å². The van der Waals surface area contributed by atoms with Gasteiger partial charge in [-0.15, -0.1) is 0 Å². The third-order valence-corrected chi connectivity index (χ3v) is 4.99. The summed E-state index contributed by atoms with van der Waals surface area (Å²) in [5.74, 6) is 1.24. The Kier molecular flexibility index (Phi) is 1.79. The van der Waals surface area contributed by atoms with E-state index in [1.165, 1.54) is 25.7 Å². The molecule has 3 aliphatic rings. The highest BCUT2D eigenvalue weighted by molar-refractivity contribution is 5.18. The second kappa shape index (κ2) is 2.73. The molecule has 3 aliphatic carbocycles. The number of aliphatic hydroxyl groups is 1. The van der Waals surface area contributed by atoms with Crippen LogP contribution in [0.1, 0.15) is 44.9 Å². The first-order chi connectivity index (χ1) is 6.70. The van der Waals surface area contributed by atoms with Crippen LogP contribution in [0.3, 0.4) is 0 Å². The van der Waals surface area contributed by atoms with Crippen molar-refractivity contribution in [3.8, 4) is 0 Å². The molecule has 1 N–H and O–H groups in total. The maximum Gasteiger partial charge on any atom is 0.0738 e. The fourth-order valence-corrected chi connectivity index (χ4v) is 3.85. The Balaban J connectivity index is 1.67. The first kappa shape index (κ1) is 9.17. The second-order valence-corrected chi connectivity index (χ2v) is 5.55. The van der Waals surface area contributed by atoms with Crippen LogP contribution in [-0.2, 0) is 4.74 Å². The number of ether oxygens (including phenoxy) is 1. The van der Waals surface area contributed by atoms with E-state index in [0.717, 1.165) is 19.3 Å². The Morgan fingerprint density at radius 1 is 1.21 bits per heavy atom. The SMILES string of the molecule is COC1(CC2(O)C3CCCC32)CCC1. The van der Waals surface area contributed by atoms with Crippen molar-refractivity contribution in [3.05, 3.63) is 0 Å². The molecule has 2 heteroatoms. The van der Waals surface area contributed by atoms with Gasteiger partial charge in [-0.2, -0.15) is 0 Å². The molecule has 0 bridgehead atoms. The summed E-state index contributed by atoms with van der Waals surface area (Å²) in [6.07, 6.45) is 8.33. The summed E-state index contributed by atoms with van der Waals surface area (Å²) in [5.41, 5.74) is -0.270. The predicted molar refractivity (Wildman–Crippen MR) is 54.0 cm³/mol. The third kappa shape index (κ3) is 1.04. The van der Waals surface area contributed by atoms with Crippen molar-refractivity contribution in [1.29, 1.82) is 0 Å². The maximum atomic E-state index is 10.5. The van der Waals surface area contributed by atoms with Crippen molar-refractivity contribution in [1.82, 2.24) is 0 Å². The molecule has 3 fully saturated rings. The molecule has 2 unspecified atom stereocenters. The van der Waals surface area contributed by atoms with Crippen LogP contribution >= 0.6 is 0 Å². The molecule has 0 aromatic heterocycles. The zero-order valence-electron chi connectivity index (χ0n) is 8.96. The van der Waals surface area contributed by atoms with E-state index < -0.39 is 0 Å². The van der Waals surface area contributed by atoms with Gasteiger partial charge >= 0.3 is 0 Å². The average molecular weight is 196 g/mol. The van der Waals surface area contributed by atoms with Crippen molar-refractivity contribution >= 4 is 0 Å². The van der Waals surface area contributed by atoms with E-state index in [4.69, 9.17) is 4.74 Å². The van der Waals surface area contributed by atoms with Crippen LogP contribution in [-0.4, -0.2) is 23.4 Å². The largest absolute Gasteiger partial charge is 0.389 e. The second-order valence-electron chi connectivity index (χ2n) is 5.55. The Bertz CT molecular complexity index is 229. The maximum absolute atomic E-state index is 10.5. The quantitative estimate of drug-likeness (QED) is 0.749. The molecule has 0 aromatic rings. The van der Waals surface area contributed by atoms with Crippen LogP contribution < -0.4 is 0 Å². The first-order valence-corrected chi connectivity index (χ1v) is 5.98. The Morgan fingerprint density at radius 3 is 2.29 bits per heavy atom. The van der Waals surface area contributed by atoms with E-state index in [1.54, 1.807) is 7.11 Å². The molecule has 2 atom stereocenters. The molecule has 3 saturated carbocycles. The van der Waals surface area contributed by atoms with E-state index >= 15 is 0 Å². The van der Waals surface area contributed by atoms with Gasteiger partial charge in [0.2, 0.25) is 0 Å². The number of rotatable bonds is 3. The van der Waals surface area contributed by atoms with E-state index in [9.17, 15) is 5.11 Å². The van der Waals surface area contributed by atoms with Gasteiger partial charge in [0, 0.05) is 13.5 Å². The minimum atomic E-state index is -0.325. The summed E-state index contributed by atoms with van der Waals surface area (Å²) in [7, 11) is 1.81. The number of hydrogen-bond acceptors (Lipinski definition) is 2. The summed E-state index contributed by atoms with van der Waals surface area (Å²) >= 11 is 0. The lowest BCUT2D eigenvalue weighted by atomic mass is 9.74. The first-order valence-electron chi connectivity index (χ1n) is 5.98. The molecule has 3 rings (SSSR count). The molecule has 80 valence electrons. The van der Waals surface area contributed by atoms with E-state index in [1.807, 2.05) is 0 Å². The van der Waals surface area contributed by atoms with Crippen LogP contribution in [0, 0.1) is 11.8 Å². The normalized spacial score (nSPS) is 48.4. The van der Waals surface area contributed by atoms with Gasteiger partial charge in [-0.1, -0.05) is 6.42 Å². The Labute approximate surface area is 85.6 Å². The number of methoxy groups -OCH3 is 1. The van der Waals surface area contributed by atoms with Crippen molar-refractivity contribution in [2.45, 2.75) is 56.1 Å². The van der Waals surface area contributed by atoms with Crippen LogP contribution in [0.15, 0.2) is 0 Å². The summed E-state index contributed by atoms with van der Waals surface area (Å²) in [5, 5.41) is 10.5. The minimum absolute atomic E-state index is 0.0547. The van der Waals surface area contributed by atoms with Gasteiger partial charge < -0.3 is 9.84 Å². The molecule has 0 radical (unpaired) electrons. The molecule has 0 amide bonds. The van der Waals surface area contributed by atoms with E-state index in [2.05, 4.69) is 0 Å². The summed E-state index contributed by atoms with van der Waals surface area (Å²) in [6, 6.07) is 0. The van der Waals surface area contributed by atoms with Crippen molar-refractivity contribution in [2.24, 2.45) is 11.8 Å². The van der Waals surface area contributed by atoms with Crippen molar-refractivity contribution in [2.75, 3.05) is 7.11 Å². The third-order valence-electron chi connectivity index (χ3n) is 4.99. The summed E-state index contributed by atoms with van der Waals surface area (Å²) in [6.45, 7) is 0. The molecule has 0 spiro atoms. The minimum Gasteiger partial charge on any atom is -0.389 e. The van der Waals surface area contributed by atoms with Crippen LogP contribution in [0.2, 0.25) is 0 Å². The zero-order valence-corrected chi connectivity index (χ0v) is 8.96. The summed E-state index contributed by atoms with van der Waals surface area (Å²) < 4.78 is 5.60. The molecular formula is C12H20O2. The molecule has 0 heterocycles.